The Hall–Kier alpha value is -6.16. The van der Waals surface area contributed by atoms with Gasteiger partial charge in [-0.25, -0.2) is 18.6 Å². The van der Waals surface area contributed by atoms with Gasteiger partial charge >= 0.3 is 6.03 Å². The van der Waals surface area contributed by atoms with E-state index in [0.29, 0.717) is 42.3 Å². The van der Waals surface area contributed by atoms with E-state index < -0.39 is 35.1 Å². The van der Waals surface area contributed by atoms with Crippen molar-refractivity contribution in [3.63, 3.8) is 0 Å². The molecular weight excluding hydrogens is 954 g/mol. The van der Waals surface area contributed by atoms with Crippen LogP contribution in [0.1, 0.15) is 116 Å². The van der Waals surface area contributed by atoms with Crippen LogP contribution in [0.3, 0.4) is 0 Å². The lowest BCUT2D eigenvalue weighted by molar-refractivity contribution is -0.120. The molecule has 5 N–H and O–H groups in total. The van der Waals surface area contributed by atoms with Crippen molar-refractivity contribution in [2.45, 2.75) is 113 Å². The fraction of sp³-hybridized carbons (Fsp3) is 0.464. The van der Waals surface area contributed by atoms with Gasteiger partial charge in [0.2, 0.25) is 11.8 Å². The number of nitrogens with one attached hydrogen (secondary N) is 2. The number of likely N-dealkylation sites (tertiary alicyclic amines) is 1. The lowest BCUT2D eigenvalue weighted by atomic mass is 9.77. The molecule has 2 aliphatic carbocycles. The Morgan fingerprint density at radius 1 is 1.00 bits per heavy atom. The third kappa shape index (κ3) is 10.00. The number of aromatic nitrogens is 2. The van der Waals surface area contributed by atoms with Crippen molar-refractivity contribution in [2.75, 3.05) is 44.3 Å². The maximum atomic E-state index is 16.5. The van der Waals surface area contributed by atoms with Gasteiger partial charge in [-0.1, -0.05) is 54.9 Å². The summed E-state index contributed by atoms with van der Waals surface area (Å²) in [6, 6.07) is 20.6. The Labute approximate surface area is 428 Å². The Bertz CT molecular complexity index is 2960. The third-order valence-corrected chi connectivity index (χ3v) is 16.6. The number of piperidine rings is 1. The molecule has 4 fully saturated rings. The number of aliphatic hydroxyl groups is 1. The summed E-state index contributed by atoms with van der Waals surface area (Å²) in [6.45, 7) is 4.19. The van der Waals surface area contributed by atoms with Gasteiger partial charge in [-0.15, -0.1) is 0 Å². The molecule has 0 bridgehead atoms. The number of primary amides is 1. The normalized spacial score (nSPS) is 24.7. The Morgan fingerprint density at radius 2 is 1.75 bits per heavy atom. The number of nitrogens with two attached hydrogens (primary N) is 1. The fourth-order valence-electron chi connectivity index (χ4n) is 12.2. The summed E-state index contributed by atoms with van der Waals surface area (Å²) in [4.78, 5) is 46.2. The summed E-state index contributed by atoms with van der Waals surface area (Å²) in [5, 5.41) is 20.8. The molecule has 3 aliphatic heterocycles. The molecule has 0 spiro atoms. The number of anilines is 1. The second-order valence-corrected chi connectivity index (χ2v) is 20.8. The Kier molecular flexibility index (Phi) is 14.7. The Balaban J connectivity index is 0.730. The molecule has 0 radical (unpaired) electrons. The van der Waals surface area contributed by atoms with E-state index in [1.165, 1.54) is 23.8 Å². The van der Waals surface area contributed by atoms with Crippen LogP contribution in [0, 0.1) is 17.6 Å². The van der Waals surface area contributed by atoms with E-state index in [1.54, 1.807) is 4.90 Å². The van der Waals surface area contributed by atoms with Crippen LogP contribution in [0.15, 0.2) is 77.8 Å². The fourth-order valence-corrected chi connectivity index (χ4v) is 12.4. The highest BCUT2D eigenvalue weighted by Crippen LogP contribution is 2.56. The van der Waals surface area contributed by atoms with E-state index in [-0.39, 0.29) is 70.8 Å². The van der Waals surface area contributed by atoms with Crippen molar-refractivity contribution in [3.8, 4) is 22.6 Å². The van der Waals surface area contributed by atoms with E-state index in [1.807, 2.05) is 49.0 Å². The van der Waals surface area contributed by atoms with E-state index in [0.717, 1.165) is 93.8 Å². The lowest BCUT2D eigenvalue weighted by Crippen LogP contribution is -2.49. The van der Waals surface area contributed by atoms with Crippen molar-refractivity contribution in [1.29, 1.82) is 0 Å². The van der Waals surface area contributed by atoms with Crippen LogP contribution >= 0.6 is 11.6 Å². The number of hydrogen-bond donors (Lipinski definition) is 4. The Morgan fingerprint density at radius 3 is 2.47 bits per heavy atom. The average Bonchev–Trinajstić information content (AvgIpc) is 3.88. The number of urea groups is 1. The first kappa shape index (κ1) is 50.4. The third-order valence-electron chi connectivity index (χ3n) is 16.2. The number of nitrogens with zero attached hydrogens (tertiary/aromatic N) is 5. The standard InChI is InChI=1S/C56H63ClF2N8O6/c1-33-48-46(31-43(58)51(57)50(48)49-42(53(60)70)18-19-45(52(49)59)72-29-28-68)73-56(33,37-6-4-3-5-7-37)32-62-39-11-8-34(9-12-39)20-24-61-38-13-15-40(16-14-38)66-25-21-35(22-26-66)36-10-17-41-44(30-36)65(2)64-54(41)67-27-23-47(69)63-55(67)71/h3-7,10,17-20,30-31,33-35,38-40,62,68H,8-9,11-16,21-23,25-29,32H2,1-2H3,(H2,60,70)(H,63,69,71)/t33-,34?,38?,39?,40?,56-/m0/s1. The molecule has 4 amide bonds. The van der Waals surface area contributed by atoms with E-state index >= 15 is 8.78 Å². The van der Waals surface area contributed by atoms with Crippen molar-refractivity contribution < 1.29 is 37.7 Å². The second kappa shape index (κ2) is 21.4. The van der Waals surface area contributed by atoms with Gasteiger partial charge in [0.25, 0.3) is 0 Å². The number of imide groups is 1. The molecule has 2 atom stereocenters. The number of fused-ring (bicyclic) bond motifs is 2. The first-order valence-electron chi connectivity index (χ1n) is 25.8. The van der Waals surface area contributed by atoms with Gasteiger partial charge in [-0.2, -0.15) is 5.10 Å². The minimum atomic E-state index is -1.05. The highest BCUT2D eigenvalue weighted by Gasteiger charge is 2.50. The van der Waals surface area contributed by atoms with Crippen molar-refractivity contribution in [2.24, 2.45) is 23.7 Å². The molecule has 1 aromatic heterocycles. The maximum absolute atomic E-state index is 16.5. The van der Waals surface area contributed by atoms with Crippen LogP contribution in [-0.2, 0) is 17.4 Å². The average molecular weight is 1020 g/mol. The largest absolute Gasteiger partial charge is 0.488 e. The highest BCUT2D eigenvalue weighted by atomic mass is 35.5. The lowest BCUT2D eigenvalue weighted by Gasteiger charge is -2.40. The summed E-state index contributed by atoms with van der Waals surface area (Å²) >= 11 is 6.73. The number of hydrogen-bond acceptors (Lipinski definition) is 10. The zero-order valence-electron chi connectivity index (χ0n) is 41.3. The number of benzene rings is 4. The molecule has 10 rings (SSSR count). The van der Waals surface area contributed by atoms with E-state index in [2.05, 4.69) is 50.8 Å². The molecule has 5 aliphatic rings. The second-order valence-electron chi connectivity index (χ2n) is 20.4. The molecule has 73 heavy (non-hydrogen) atoms. The molecule has 5 aromatic rings. The number of aliphatic hydroxyl groups excluding tert-OH is 1. The monoisotopic (exact) mass is 1020 g/mol. The van der Waals surface area contributed by atoms with E-state index in [4.69, 9.17) is 31.8 Å². The van der Waals surface area contributed by atoms with E-state index in [9.17, 15) is 19.5 Å². The molecule has 4 heterocycles. The minimum Gasteiger partial charge on any atom is -0.488 e. The van der Waals surface area contributed by atoms with Crippen LogP contribution in [0.5, 0.6) is 11.5 Å². The zero-order chi connectivity index (χ0) is 51.0. The topological polar surface area (TPSA) is 177 Å². The van der Waals surface area contributed by atoms with Crippen LogP contribution in [0.25, 0.3) is 22.0 Å². The zero-order valence-corrected chi connectivity index (χ0v) is 42.1. The first-order valence-corrected chi connectivity index (χ1v) is 26.2. The number of carbonyl (C=O) groups is 3. The number of carbonyl (C=O) groups excluding carboxylic acids is 3. The minimum absolute atomic E-state index is 0.0251. The van der Waals surface area contributed by atoms with Gasteiger partial charge < -0.3 is 30.5 Å². The molecule has 2 saturated heterocycles. The van der Waals surface area contributed by atoms with Gasteiger partial charge in [-0.05, 0) is 136 Å². The van der Waals surface area contributed by atoms with Crippen molar-refractivity contribution >= 4 is 52.0 Å². The number of ether oxygens (including phenoxy) is 2. The molecule has 0 unspecified atom stereocenters. The number of amides is 4. The molecule has 2 saturated carbocycles. The first-order chi connectivity index (χ1) is 35.3. The van der Waals surface area contributed by atoms with Gasteiger partial charge in [0.05, 0.1) is 28.8 Å². The summed E-state index contributed by atoms with van der Waals surface area (Å²) < 4.78 is 46.4. The quantitative estimate of drug-likeness (QED) is 0.0791. The molecule has 4 aromatic carbocycles. The smallest absolute Gasteiger partial charge is 0.329 e. The number of aliphatic imine (C=N–C) groups is 1. The van der Waals surface area contributed by atoms with Gasteiger partial charge in [0.1, 0.15) is 18.2 Å². The van der Waals surface area contributed by atoms with Crippen LogP contribution in [0.2, 0.25) is 5.02 Å². The molecule has 384 valence electrons. The van der Waals surface area contributed by atoms with Gasteiger partial charge in [-0.3, -0.25) is 24.5 Å². The number of allylic oxidation sites excluding steroid dienone is 1. The summed E-state index contributed by atoms with van der Waals surface area (Å²) in [7, 11) is 1.90. The molecular formula is C56H63ClF2N8O6. The summed E-state index contributed by atoms with van der Waals surface area (Å²) in [5.74, 6) is 1.26. The van der Waals surface area contributed by atoms with Crippen LogP contribution in [0.4, 0.5) is 19.4 Å². The maximum Gasteiger partial charge on any atom is 0.329 e. The summed E-state index contributed by atoms with van der Waals surface area (Å²) in [5.41, 5.74) is 7.80. The molecule has 17 heteroatoms. The predicted molar refractivity (Wildman–Crippen MR) is 277 cm³/mol. The number of rotatable bonds is 14. The molecule has 14 nitrogen and oxygen atoms in total. The van der Waals surface area contributed by atoms with Crippen molar-refractivity contribution in [1.82, 2.24) is 25.3 Å². The van der Waals surface area contributed by atoms with Crippen LogP contribution < -0.4 is 30.7 Å². The van der Waals surface area contributed by atoms with Crippen LogP contribution in [-0.4, -0.2) is 101 Å². The number of aryl methyl sites for hydroxylation is 1. The highest BCUT2D eigenvalue weighted by molar-refractivity contribution is 6.34. The van der Waals surface area contributed by atoms with Crippen molar-refractivity contribution in [3.05, 3.63) is 112 Å². The van der Waals surface area contributed by atoms with Gasteiger partial charge in [0.15, 0.2) is 23.0 Å². The number of halogens is 3. The predicted octanol–water partition coefficient (Wildman–Crippen LogP) is 9.04. The SMILES string of the molecule is C[C@H]1c2c(cc(F)c(Cl)c2-c2c(C(N)=O)ccc(OCCO)c2F)O[C@]1(CNC1CCC(C=C=NC2CCC(N3CCC(c4ccc5c(N6CCC(=O)NC6=O)nn(C)c5c4)CC3)CC2)CC1)c1ccccc1. The van der Waals surface area contributed by atoms with Gasteiger partial charge in [0, 0.05) is 72.7 Å². The summed E-state index contributed by atoms with van der Waals surface area (Å²) in [6.07, 6.45) is 12.8.